The zero-order chi connectivity index (χ0) is 11.7. The molecule has 0 saturated carbocycles. The fourth-order valence-corrected chi connectivity index (χ4v) is 2.16. The molecule has 2 heterocycles. The van der Waals surface area contributed by atoms with Gasteiger partial charge in [0.25, 0.3) is 0 Å². The molecule has 2 aromatic rings. The molecule has 1 aliphatic rings. The van der Waals surface area contributed by atoms with Crippen molar-refractivity contribution in [2.45, 2.75) is 13.0 Å². The minimum atomic E-state index is 0.603. The first-order valence-electron chi connectivity index (χ1n) is 5.72. The van der Waals surface area contributed by atoms with Gasteiger partial charge in [-0.15, -0.1) is 0 Å². The highest BCUT2D eigenvalue weighted by Gasteiger charge is 2.17. The van der Waals surface area contributed by atoms with E-state index in [1.165, 1.54) is 11.1 Å². The Balaban J connectivity index is 1.86. The molecule has 1 aromatic carbocycles. The summed E-state index contributed by atoms with van der Waals surface area (Å²) in [4.78, 5) is 10.7. The highest BCUT2D eigenvalue weighted by atomic mass is 15.2. The van der Waals surface area contributed by atoms with Crippen LogP contribution in [-0.4, -0.2) is 16.5 Å². The van der Waals surface area contributed by atoms with Crippen LogP contribution in [0.2, 0.25) is 0 Å². The van der Waals surface area contributed by atoms with E-state index in [2.05, 4.69) is 39.1 Å². The summed E-state index contributed by atoms with van der Waals surface area (Å²) in [5.74, 6) is 0.758. The van der Waals surface area contributed by atoms with E-state index in [0.29, 0.717) is 5.69 Å². The van der Waals surface area contributed by atoms with Gasteiger partial charge in [0.15, 0.2) is 0 Å². The van der Waals surface area contributed by atoms with Gasteiger partial charge in [0.1, 0.15) is 0 Å². The summed E-state index contributed by atoms with van der Waals surface area (Å²) in [7, 11) is 0. The molecule has 86 valence electrons. The average Bonchev–Trinajstić information content (AvgIpc) is 2.39. The van der Waals surface area contributed by atoms with Crippen molar-refractivity contribution in [2.24, 2.45) is 0 Å². The number of rotatable bonds is 1. The Morgan fingerprint density at radius 1 is 1.06 bits per heavy atom. The van der Waals surface area contributed by atoms with Gasteiger partial charge in [0, 0.05) is 13.1 Å². The quantitative estimate of drug-likeness (QED) is 0.802. The Morgan fingerprint density at radius 3 is 2.53 bits per heavy atom. The molecule has 0 atom stereocenters. The number of hydrogen-bond donors (Lipinski definition) is 1. The summed E-state index contributed by atoms with van der Waals surface area (Å²) in [5, 5.41) is 0. The van der Waals surface area contributed by atoms with Gasteiger partial charge in [-0.05, 0) is 17.5 Å². The molecule has 0 bridgehead atoms. The van der Waals surface area contributed by atoms with Crippen molar-refractivity contribution in [1.82, 2.24) is 9.97 Å². The highest BCUT2D eigenvalue weighted by Crippen LogP contribution is 2.21. The number of nitrogen functional groups attached to an aromatic ring is 1. The van der Waals surface area contributed by atoms with E-state index in [1.54, 1.807) is 12.4 Å². The molecule has 2 N–H and O–H groups in total. The number of nitrogens with zero attached hydrogens (tertiary/aromatic N) is 3. The molecule has 17 heavy (non-hydrogen) atoms. The molecule has 4 nitrogen and oxygen atoms in total. The van der Waals surface area contributed by atoms with Gasteiger partial charge in [0.05, 0.1) is 18.1 Å². The van der Waals surface area contributed by atoms with Crippen LogP contribution in [0.5, 0.6) is 0 Å². The summed E-state index contributed by atoms with van der Waals surface area (Å²) < 4.78 is 0. The second-order valence-electron chi connectivity index (χ2n) is 4.26. The fourth-order valence-electron chi connectivity index (χ4n) is 2.16. The molecule has 0 spiro atoms. The molecule has 0 radical (unpaired) electrons. The van der Waals surface area contributed by atoms with Crippen LogP contribution in [0, 0.1) is 0 Å². The number of anilines is 2. The second kappa shape index (κ2) is 4.05. The van der Waals surface area contributed by atoms with Crippen molar-refractivity contribution in [3.05, 3.63) is 47.8 Å². The number of benzene rings is 1. The zero-order valence-corrected chi connectivity index (χ0v) is 9.50. The molecule has 4 heteroatoms. The van der Waals surface area contributed by atoms with Crippen LogP contribution in [0.25, 0.3) is 0 Å². The van der Waals surface area contributed by atoms with Crippen LogP contribution in [-0.2, 0) is 13.0 Å². The first kappa shape index (κ1) is 10.1. The Hall–Kier alpha value is -2.10. The van der Waals surface area contributed by atoms with Crippen LogP contribution in [0.4, 0.5) is 11.6 Å². The first-order chi connectivity index (χ1) is 8.33. The zero-order valence-electron chi connectivity index (χ0n) is 9.50. The predicted molar refractivity (Wildman–Crippen MR) is 67.6 cm³/mol. The number of fused-ring (bicyclic) bond motifs is 1. The van der Waals surface area contributed by atoms with E-state index in [0.717, 1.165) is 25.5 Å². The maximum atomic E-state index is 5.59. The highest BCUT2D eigenvalue weighted by molar-refractivity contribution is 5.42. The maximum Gasteiger partial charge on any atom is 0.225 e. The molecule has 1 aliphatic heterocycles. The van der Waals surface area contributed by atoms with E-state index in [9.17, 15) is 0 Å². The van der Waals surface area contributed by atoms with E-state index < -0.39 is 0 Å². The van der Waals surface area contributed by atoms with Crippen molar-refractivity contribution in [2.75, 3.05) is 17.2 Å². The van der Waals surface area contributed by atoms with Crippen LogP contribution in [0.1, 0.15) is 11.1 Å². The smallest absolute Gasteiger partial charge is 0.225 e. The van der Waals surface area contributed by atoms with Crippen LogP contribution >= 0.6 is 0 Å². The van der Waals surface area contributed by atoms with Crippen molar-refractivity contribution < 1.29 is 0 Å². The van der Waals surface area contributed by atoms with Gasteiger partial charge in [-0.2, -0.15) is 0 Å². The average molecular weight is 226 g/mol. The van der Waals surface area contributed by atoms with Crippen molar-refractivity contribution in [1.29, 1.82) is 0 Å². The van der Waals surface area contributed by atoms with Gasteiger partial charge in [-0.1, -0.05) is 24.3 Å². The molecule has 0 aliphatic carbocycles. The largest absolute Gasteiger partial charge is 0.396 e. The van der Waals surface area contributed by atoms with Gasteiger partial charge >= 0.3 is 0 Å². The molecule has 3 rings (SSSR count). The van der Waals surface area contributed by atoms with Gasteiger partial charge in [-0.25, -0.2) is 9.97 Å². The van der Waals surface area contributed by atoms with Crippen LogP contribution in [0.15, 0.2) is 36.7 Å². The summed E-state index contributed by atoms with van der Waals surface area (Å²) in [6, 6.07) is 8.52. The third kappa shape index (κ3) is 1.93. The third-order valence-electron chi connectivity index (χ3n) is 3.07. The topological polar surface area (TPSA) is 55.0 Å². The molecular weight excluding hydrogens is 212 g/mol. The minimum Gasteiger partial charge on any atom is -0.396 e. The van der Waals surface area contributed by atoms with Gasteiger partial charge in [-0.3, -0.25) is 0 Å². The Kier molecular flexibility index (Phi) is 2.40. The number of aromatic nitrogens is 2. The van der Waals surface area contributed by atoms with E-state index in [1.807, 2.05) is 0 Å². The summed E-state index contributed by atoms with van der Waals surface area (Å²) in [5.41, 5.74) is 8.98. The molecule has 0 fully saturated rings. The Morgan fingerprint density at radius 2 is 1.76 bits per heavy atom. The lowest BCUT2D eigenvalue weighted by atomic mass is 10.0. The molecule has 0 amide bonds. The lowest BCUT2D eigenvalue weighted by Crippen LogP contribution is -2.31. The van der Waals surface area contributed by atoms with Crippen molar-refractivity contribution >= 4 is 11.6 Å². The molecule has 1 aromatic heterocycles. The lowest BCUT2D eigenvalue weighted by molar-refractivity contribution is 0.708. The van der Waals surface area contributed by atoms with Crippen molar-refractivity contribution in [3.63, 3.8) is 0 Å². The first-order valence-corrected chi connectivity index (χ1v) is 5.72. The third-order valence-corrected chi connectivity index (χ3v) is 3.07. The standard InChI is InChI=1S/C13H14N4/c14-12-7-15-13(16-8-12)17-6-5-10-3-1-2-4-11(10)9-17/h1-4,7-8H,5-6,9,14H2. The SMILES string of the molecule is Nc1cnc(N2CCc3ccccc3C2)nc1. The summed E-state index contributed by atoms with van der Waals surface area (Å²) >= 11 is 0. The minimum absolute atomic E-state index is 0.603. The normalized spacial score (nSPS) is 14.5. The fraction of sp³-hybridized carbons (Fsp3) is 0.231. The van der Waals surface area contributed by atoms with Crippen molar-refractivity contribution in [3.8, 4) is 0 Å². The maximum absolute atomic E-state index is 5.59. The van der Waals surface area contributed by atoms with Gasteiger partial charge in [0.2, 0.25) is 5.95 Å². The monoisotopic (exact) mass is 226 g/mol. The molecule has 0 saturated heterocycles. The van der Waals surface area contributed by atoms with Crippen LogP contribution in [0.3, 0.4) is 0 Å². The molecule has 0 unspecified atom stereocenters. The van der Waals surface area contributed by atoms with E-state index >= 15 is 0 Å². The number of nitrogens with two attached hydrogens (primary N) is 1. The summed E-state index contributed by atoms with van der Waals surface area (Å²) in [6.07, 6.45) is 4.36. The summed E-state index contributed by atoms with van der Waals surface area (Å²) in [6.45, 7) is 1.83. The van der Waals surface area contributed by atoms with E-state index in [4.69, 9.17) is 5.73 Å². The van der Waals surface area contributed by atoms with Gasteiger partial charge < -0.3 is 10.6 Å². The predicted octanol–water partition coefficient (Wildman–Crippen LogP) is 1.62. The second-order valence-corrected chi connectivity index (χ2v) is 4.26. The van der Waals surface area contributed by atoms with Crippen LogP contribution < -0.4 is 10.6 Å². The lowest BCUT2D eigenvalue weighted by Gasteiger charge is -2.28. The Labute approximate surface area is 100 Å². The van der Waals surface area contributed by atoms with E-state index in [-0.39, 0.29) is 0 Å². The number of hydrogen-bond acceptors (Lipinski definition) is 4. The molecular formula is C13H14N4. The Bertz CT molecular complexity index is 521.